The first-order chi connectivity index (χ1) is 16.6. The number of nitrogens with one attached hydrogen (secondary N) is 2. The second-order valence-electron chi connectivity index (χ2n) is 8.59. The van der Waals surface area contributed by atoms with Gasteiger partial charge in [-0.1, -0.05) is 54.8 Å². The van der Waals surface area contributed by atoms with Gasteiger partial charge in [-0.05, 0) is 44.0 Å². The van der Waals surface area contributed by atoms with E-state index < -0.39 is 42.2 Å². The first-order valence-corrected chi connectivity index (χ1v) is 10.9. The average Bonchev–Trinajstić information content (AvgIpc) is 2.83. The van der Waals surface area contributed by atoms with Crippen molar-refractivity contribution >= 4 is 17.9 Å². The number of rotatable bonds is 8. The van der Waals surface area contributed by atoms with E-state index in [9.17, 15) is 19.5 Å². The summed E-state index contributed by atoms with van der Waals surface area (Å²) in [5.74, 6) is 1.07. The van der Waals surface area contributed by atoms with Crippen LogP contribution in [-0.4, -0.2) is 46.2 Å². The molecule has 0 spiro atoms. The van der Waals surface area contributed by atoms with Crippen LogP contribution in [0, 0.1) is 24.8 Å². The highest BCUT2D eigenvalue weighted by atomic mass is 16.6. The lowest BCUT2D eigenvalue weighted by atomic mass is 10.0. The van der Waals surface area contributed by atoms with Crippen LogP contribution < -0.4 is 10.6 Å². The minimum Gasteiger partial charge on any atom is -0.444 e. The fraction of sp³-hybridized carbons (Fsp3) is 0.296. The van der Waals surface area contributed by atoms with Gasteiger partial charge in [-0.25, -0.2) is 4.79 Å². The van der Waals surface area contributed by atoms with Gasteiger partial charge in [-0.2, -0.15) is 0 Å². The minimum atomic E-state index is -1.43. The second kappa shape index (κ2) is 12.3. The molecule has 0 saturated carbocycles. The van der Waals surface area contributed by atoms with Crippen LogP contribution in [0.25, 0.3) is 0 Å². The van der Waals surface area contributed by atoms with E-state index in [0.29, 0.717) is 11.1 Å². The van der Waals surface area contributed by atoms with E-state index in [4.69, 9.17) is 17.6 Å². The summed E-state index contributed by atoms with van der Waals surface area (Å²) >= 11 is 0. The normalized spacial score (nSPS) is 12.3. The number of amides is 3. The monoisotopic (exact) mass is 475 g/mol. The molecule has 8 heteroatoms. The molecule has 182 valence electrons. The van der Waals surface area contributed by atoms with E-state index in [-0.39, 0.29) is 6.54 Å². The van der Waals surface area contributed by atoms with Gasteiger partial charge < -0.3 is 20.5 Å². The molecule has 0 bridgehead atoms. The predicted octanol–water partition coefficient (Wildman–Crippen LogP) is 2.33. The van der Waals surface area contributed by atoms with Gasteiger partial charge >= 0.3 is 6.09 Å². The standard InChI is InChI=1S/C27H29N3O5/c1-6-19-13-15-21(16-14-19)23(24(32)28-17-20-11-9-8-10-12-20)30(7-2)25(33)22(18-31)29-26(34)35-27(3,4)5/h1-2,8-16,22-23,31H,17-18H2,3-5H3,(H,28,32)(H,29,34). The van der Waals surface area contributed by atoms with Crippen LogP contribution in [0.5, 0.6) is 0 Å². The summed E-state index contributed by atoms with van der Waals surface area (Å²) in [5, 5.41) is 14.9. The van der Waals surface area contributed by atoms with Gasteiger partial charge in [0.05, 0.1) is 6.61 Å². The fourth-order valence-corrected chi connectivity index (χ4v) is 3.13. The Morgan fingerprint density at radius 1 is 1.06 bits per heavy atom. The number of benzene rings is 2. The molecule has 0 radical (unpaired) electrons. The first kappa shape index (κ1) is 27.0. The van der Waals surface area contributed by atoms with Crippen molar-refractivity contribution in [3.63, 3.8) is 0 Å². The summed E-state index contributed by atoms with van der Waals surface area (Å²) in [7, 11) is 0. The van der Waals surface area contributed by atoms with Crippen LogP contribution in [0.15, 0.2) is 54.6 Å². The Bertz CT molecular complexity index is 1110. The van der Waals surface area contributed by atoms with E-state index in [1.165, 1.54) is 0 Å². The Labute approximate surface area is 205 Å². The smallest absolute Gasteiger partial charge is 0.408 e. The molecule has 0 aliphatic heterocycles. The second-order valence-corrected chi connectivity index (χ2v) is 8.59. The molecular formula is C27H29N3O5. The van der Waals surface area contributed by atoms with Crippen molar-refractivity contribution in [3.8, 4) is 24.8 Å². The molecule has 0 aliphatic rings. The number of terminal acetylenes is 2. The van der Waals surface area contributed by atoms with Gasteiger partial charge in [-0.15, -0.1) is 6.42 Å². The maximum atomic E-state index is 13.3. The third-order valence-corrected chi connectivity index (χ3v) is 4.76. The van der Waals surface area contributed by atoms with E-state index in [1.807, 2.05) is 30.3 Å². The predicted molar refractivity (Wildman–Crippen MR) is 131 cm³/mol. The highest BCUT2D eigenvalue weighted by Crippen LogP contribution is 2.23. The number of ether oxygens (including phenoxy) is 1. The van der Waals surface area contributed by atoms with E-state index in [1.54, 1.807) is 45.0 Å². The summed E-state index contributed by atoms with van der Waals surface area (Å²) in [4.78, 5) is 39.6. The number of aliphatic hydroxyl groups excluding tert-OH is 1. The van der Waals surface area contributed by atoms with Crippen molar-refractivity contribution in [2.75, 3.05) is 6.61 Å². The molecule has 2 aromatic rings. The van der Waals surface area contributed by atoms with Gasteiger partial charge in [-0.3, -0.25) is 14.5 Å². The van der Waals surface area contributed by atoms with Gasteiger partial charge in [0.15, 0.2) is 0 Å². The zero-order chi connectivity index (χ0) is 26.0. The molecule has 3 amide bonds. The minimum absolute atomic E-state index is 0.199. The van der Waals surface area contributed by atoms with Gasteiger partial charge in [0, 0.05) is 18.2 Å². The van der Waals surface area contributed by atoms with Gasteiger partial charge in [0.1, 0.15) is 17.7 Å². The maximum absolute atomic E-state index is 13.3. The molecule has 8 nitrogen and oxygen atoms in total. The number of aliphatic hydroxyl groups is 1. The van der Waals surface area contributed by atoms with E-state index >= 15 is 0 Å². The molecule has 0 aromatic heterocycles. The quantitative estimate of drug-likeness (QED) is 0.401. The molecule has 0 aliphatic carbocycles. The van der Waals surface area contributed by atoms with E-state index in [0.717, 1.165) is 10.5 Å². The number of hydrogen-bond donors (Lipinski definition) is 3. The number of hydrogen-bond acceptors (Lipinski definition) is 5. The van der Waals surface area contributed by atoms with Gasteiger partial charge in [0.25, 0.3) is 5.91 Å². The molecule has 2 rings (SSSR count). The van der Waals surface area contributed by atoms with Crippen LogP contribution in [0.1, 0.15) is 43.5 Å². The zero-order valence-electron chi connectivity index (χ0n) is 19.9. The molecule has 3 N–H and O–H groups in total. The number of nitrogens with zero attached hydrogens (tertiary/aromatic N) is 1. The maximum Gasteiger partial charge on any atom is 0.408 e. The first-order valence-electron chi connectivity index (χ1n) is 10.9. The fourth-order valence-electron chi connectivity index (χ4n) is 3.13. The SMILES string of the molecule is C#Cc1ccc(C(C(=O)NCc2ccccc2)N(C#C)C(=O)C(CO)NC(=O)OC(C)(C)C)cc1. The average molecular weight is 476 g/mol. The lowest BCUT2D eigenvalue weighted by Crippen LogP contribution is -2.53. The topological polar surface area (TPSA) is 108 Å². The van der Waals surface area contributed by atoms with Crippen molar-refractivity contribution in [1.29, 1.82) is 0 Å². The third-order valence-electron chi connectivity index (χ3n) is 4.76. The number of carbonyl (C=O) groups excluding carboxylic acids is 3. The molecule has 0 heterocycles. The Hall–Kier alpha value is -4.27. The van der Waals surface area contributed by atoms with E-state index in [2.05, 4.69) is 22.6 Å². The molecule has 2 aromatic carbocycles. The Morgan fingerprint density at radius 2 is 1.69 bits per heavy atom. The highest BCUT2D eigenvalue weighted by Gasteiger charge is 2.35. The van der Waals surface area contributed by atoms with Crippen molar-refractivity contribution in [2.24, 2.45) is 0 Å². The van der Waals surface area contributed by atoms with Crippen LogP contribution in [0.2, 0.25) is 0 Å². The number of alkyl carbamates (subject to hydrolysis) is 1. The van der Waals surface area contributed by atoms with Crippen molar-refractivity contribution in [3.05, 3.63) is 71.3 Å². The van der Waals surface area contributed by atoms with Crippen molar-refractivity contribution in [1.82, 2.24) is 15.5 Å². The van der Waals surface area contributed by atoms with Crippen molar-refractivity contribution in [2.45, 2.75) is 45.0 Å². The summed E-state index contributed by atoms with van der Waals surface area (Å²) < 4.78 is 5.16. The highest BCUT2D eigenvalue weighted by molar-refractivity contribution is 5.93. The largest absolute Gasteiger partial charge is 0.444 e. The molecule has 0 saturated heterocycles. The van der Waals surface area contributed by atoms with Crippen LogP contribution >= 0.6 is 0 Å². The summed E-state index contributed by atoms with van der Waals surface area (Å²) in [6.45, 7) is 4.41. The summed E-state index contributed by atoms with van der Waals surface area (Å²) in [5.41, 5.74) is 1.00. The van der Waals surface area contributed by atoms with Crippen LogP contribution in [0.3, 0.4) is 0 Å². The summed E-state index contributed by atoms with van der Waals surface area (Å²) in [6, 6.07) is 15.2. The third kappa shape index (κ3) is 7.92. The van der Waals surface area contributed by atoms with Gasteiger partial charge in [0.2, 0.25) is 5.91 Å². The lowest BCUT2D eigenvalue weighted by molar-refractivity contribution is -0.139. The number of carbonyl (C=O) groups is 3. The van der Waals surface area contributed by atoms with Crippen LogP contribution in [0.4, 0.5) is 4.79 Å². The summed E-state index contributed by atoms with van der Waals surface area (Å²) in [6.07, 6.45) is 10.2. The molecule has 0 fully saturated rings. The van der Waals surface area contributed by atoms with Crippen LogP contribution in [-0.2, 0) is 20.9 Å². The zero-order valence-corrected chi connectivity index (χ0v) is 19.9. The molecule has 35 heavy (non-hydrogen) atoms. The molecule has 2 unspecified atom stereocenters. The van der Waals surface area contributed by atoms with Crippen molar-refractivity contribution < 1.29 is 24.2 Å². The Balaban J connectivity index is 2.34. The Morgan fingerprint density at radius 3 is 2.20 bits per heavy atom. The Kier molecular flexibility index (Phi) is 9.45. The lowest BCUT2D eigenvalue weighted by Gasteiger charge is -2.29. The molecular weight excluding hydrogens is 446 g/mol. The molecule has 2 atom stereocenters.